The predicted molar refractivity (Wildman–Crippen MR) is 104 cm³/mol. The lowest BCUT2D eigenvalue weighted by Crippen LogP contribution is -2.35. The first-order chi connectivity index (χ1) is 12.5. The van der Waals surface area contributed by atoms with Gasteiger partial charge in [-0.2, -0.15) is 0 Å². The molecule has 2 heterocycles. The lowest BCUT2D eigenvalue weighted by Gasteiger charge is -2.21. The molecular formula is C19H21N3O3S. The van der Waals surface area contributed by atoms with Gasteiger partial charge in [0.05, 0.1) is 17.9 Å². The molecule has 0 spiro atoms. The Morgan fingerprint density at radius 3 is 2.46 bits per heavy atom. The summed E-state index contributed by atoms with van der Waals surface area (Å²) in [6.45, 7) is 0.171. The van der Waals surface area contributed by atoms with Crippen molar-refractivity contribution < 1.29 is 14.7 Å². The van der Waals surface area contributed by atoms with Crippen molar-refractivity contribution in [3.8, 4) is 0 Å². The standard InChI is InChI=1S/C19H21N3O3S/c1-20(2)13-6-4-7-14(12-13)22-18(24)16(15-8-5-11-26-15)17(19(22)25)21(3)9-10-23/h4-8,11-12,23H,9-10H2,1-3H3. The highest BCUT2D eigenvalue weighted by atomic mass is 32.1. The fourth-order valence-electron chi connectivity index (χ4n) is 2.92. The lowest BCUT2D eigenvalue weighted by atomic mass is 10.2. The minimum absolute atomic E-state index is 0.102. The van der Waals surface area contributed by atoms with Crippen LogP contribution in [0.1, 0.15) is 4.88 Å². The van der Waals surface area contributed by atoms with Crippen molar-refractivity contribution in [2.45, 2.75) is 0 Å². The largest absolute Gasteiger partial charge is 0.395 e. The summed E-state index contributed by atoms with van der Waals surface area (Å²) in [5.41, 5.74) is 2.14. The number of hydrogen-bond acceptors (Lipinski definition) is 6. The van der Waals surface area contributed by atoms with E-state index < -0.39 is 0 Å². The lowest BCUT2D eigenvalue weighted by molar-refractivity contribution is -0.120. The normalized spacial score (nSPS) is 14.4. The van der Waals surface area contributed by atoms with Crippen LogP contribution < -0.4 is 9.80 Å². The van der Waals surface area contributed by atoms with Crippen molar-refractivity contribution in [3.05, 3.63) is 52.4 Å². The third kappa shape index (κ3) is 3.11. The summed E-state index contributed by atoms with van der Waals surface area (Å²) in [5.74, 6) is -0.710. The molecule has 1 aliphatic rings. The van der Waals surface area contributed by atoms with E-state index in [-0.39, 0.29) is 25.0 Å². The Balaban J connectivity index is 2.08. The van der Waals surface area contributed by atoms with Gasteiger partial charge in [0.15, 0.2) is 0 Å². The summed E-state index contributed by atoms with van der Waals surface area (Å²) in [4.78, 5) is 31.8. The summed E-state index contributed by atoms with van der Waals surface area (Å²) >= 11 is 1.42. The Labute approximate surface area is 156 Å². The maximum atomic E-state index is 13.2. The number of hydrogen-bond donors (Lipinski definition) is 1. The number of benzene rings is 1. The van der Waals surface area contributed by atoms with E-state index in [0.29, 0.717) is 17.0 Å². The van der Waals surface area contributed by atoms with Crippen molar-refractivity contribution in [2.75, 3.05) is 44.1 Å². The molecule has 0 fully saturated rings. The molecule has 0 bridgehead atoms. The summed E-state index contributed by atoms with van der Waals surface area (Å²) < 4.78 is 0. The second-order valence-electron chi connectivity index (χ2n) is 6.21. The van der Waals surface area contributed by atoms with Crippen LogP contribution in [0.4, 0.5) is 11.4 Å². The minimum Gasteiger partial charge on any atom is -0.395 e. The van der Waals surface area contributed by atoms with Crippen LogP contribution in [0, 0.1) is 0 Å². The fraction of sp³-hybridized carbons (Fsp3) is 0.263. The van der Waals surface area contributed by atoms with Crippen LogP contribution in [0.3, 0.4) is 0 Å². The van der Waals surface area contributed by atoms with Gasteiger partial charge in [-0.15, -0.1) is 11.3 Å². The zero-order valence-corrected chi connectivity index (χ0v) is 15.8. The molecule has 0 aliphatic carbocycles. The number of aliphatic hydroxyl groups is 1. The van der Waals surface area contributed by atoms with Crippen LogP contribution in [0.15, 0.2) is 47.5 Å². The molecule has 1 N–H and O–H groups in total. The van der Waals surface area contributed by atoms with E-state index in [9.17, 15) is 14.7 Å². The molecule has 1 aliphatic heterocycles. The molecular weight excluding hydrogens is 350 g/mol. The Bertz CT molecular complexity index is 859. The third-order valence-corrected chi connectivity index (χ3v) is 5.14. The molecule has 26 heavy (non-hydrogen) atoms. The predicted octanol–water partition coefficient (Wildman–Crippen LogP) is 2.02. The van der Waals surface area contributed by atoms with E-state index in [0.717, 1.165) is 10.6 Å². The third-order valence-electron chi connectivity index (χ3n) is 4.25. The van der Waals surface area contributed by atoms with E-state index >= 15 is 0 Å². The zero-order valence-electron chi connectivity index (χ0n) is 15.0. The van der Waals surface area contributed by atoms with Gasteiger partial charge in [-0.05, 0) is 29.6 Å². The minimum atomic E-state index is -0.370. The Hall–Kier alpha value is -2.64. The van der Waals surface area contributed by atoms with Gasteiger partial charge >= 0.3 is 0 Å². The van der Waals surface area contributed by atoms with Crippen LogP contribution in [0.2, 0.25) is 0 Å². The van der Waals surface area contributed by atoms with E-state index in [1.165, 1.54) is 16.2 Å². The summed E-state index contributed by atoms with van der Waals surface area (Å²) in [6, 6.07) is 11.0. The monoisotopic (exact) mass is 371 g/mol. The quantitative estimate of drug-likeness (QED) is 0.787. The van der Waals surface area contributed by atoms with E-state index in [1.807, 2.05) is 54.7 Å². The van der Waals surface area contributed by atoms with Gasteiger partial charge in [0.2, 0.25) is 0 Å². The van der Waals surface area contributed by atoms with Crippen molar-refractivity contribution in [3.63, 3.8) is 0 Å². The molecule has 0 atom stereocenters. The van der Waals surface area contributed by atoms with Crippen LogP contribution in [0.5, 0.6) is 0 Å². The van der Waals surface area contributed by atoms with E-state index in [4.69, 9.17) is 0 Å². The Morgan fingerprint density at radius 1 is 1.08 bits per heavy atom. The molecule has 1 aromatic heterocycles. The molecule has 1 aromatic carbocycles. The van der Waals surface area contributed by atoms with Gasteiger partial charge in [-0.1, -0.05) is 12.1 Å². The number of thiophene rings is 1. The number of anilines is 2. The number of nitrogens with zero attached hydrogens (tertiary/aromatic N) is 3. The maximum Gasteiger partial charge on any atom is 0.282 e. The van der Waals surface area contributed by atoms with Crippen LogP contribution in [-0.4, -0.2) is 56.1 Å². The van der Waals surface area contributed by atoms with Gasteiger partial charge < -0.3 is 14.9 Å². The number of rotatable bonds is 6. The number of carbonyl (C=O) groups is 2. The maximum absolute atomic E-state index is 13.2. The number of aliphatic hydroxyl groups excluding tert-OH is 1. The van der Waals surface area contributed by atoms with Gasteiger partial charge in [-0.3, -0.25) is 9.59 Å². The van der Waals surface area contributed by atoms with Gasteiger partial charge in [0, 0.05) is 38.3 Å². The number of imide groups is 1. The van der Waals surface area contributed by atoms with Crippen LogP contribution >= 0.6 is 11.3 Å². The summed E-state index contributed by atoms with van der Waals surface area (Å²) in [6.07, 6.45) is 0. The Morgan fingerprint density at radius 2 is 1.85 bits per heavy atom. The Kier molecular flexibility index (Phi) is 5.11. The van der Waals surface area contributed by atoms with Crippen molar-refractivity contribution in [1.82, 2.24) is 4.90 Å². The highest BCUT2D eigenvalue weighted by Crippen LogP contribution is 2.36. The van der Waals surface area contributed by atoms with Crippen LogP contribution in [0.25, 0.3) is 5.57 Å². The number of likely N-dealkylation sites (N-methyl/N-ethyl adjacent to an activating group) is 1. The molecule has 0 radical (unpaired) electrons. The zero-order chi connectivity index (χ0) is 18.8. The van der Waals surface area contributed by atoms with Crippen molar-refractivity contribution >= 4 is 40.1 Å². The molecule has 136 valence electrons. The smallest absolute Gasteiger partial charge is 0.282 e. The summed E-state index contributed by atoms with van der Waals surface area (Å²) in [5, 5.41) is 11.1. The molecule has 0 saturated heterocycles. The second-order valence-corrected chi connectivity index (χ2v) is 7.15. The highest BCUT2D eigenvalue weighted by molar-refractivity contribution is 7.11. The topological polar surface area (TPSA) is 64.1 Å². The average molecular weight is 371 g/mol. The van der Waals surface area contributed by atoms with E-state index in [2.05, 4.69) is 0 Å². The first-order valence-electron chi connectivity index (χ1n) is 8.22. The second kappa shape index (κ2) is 7.31. The van der Waals surface area contributed by atoms with Gasteiger partial charge in [0.25, 0.3) is 11.8 Å². The first-order valence-corrected chi connectivity index (χ1v) is 9.10. The molecule has 2 amide bonds. The van der Waals surface area contributed by atoms with Crippen LogP contribution in [-0.2, 0) is 9.59 Å². The van der Waals surface area contributed by atoms with Crippen molar-refractivity contribution in [1.29, 1.82) is 0 Å². The summed E-state index contributed by atoms with van der Waals surface area (Å²) in [7, 11) is 5.52. The average Bonchev–Trinajstić information content (AvgIpc) is 3.21. The molecule has 7 heteroatoms. The van der Waals surface area contributed by atoms with E-state index in [1.54, 1.807) is 18.0 Å². The fourth-order valence-corrected chi connectivity index (χ4v) is 3.68. The highest BCUT2D eigenvalue weighted by Gasteiger charge is 2.42. The molecule has 2 aromatic rings. The number of amides is 2. The first kappa shape index (κ1) is 18.2. The van der Waals surface area contributed by atoms with Crippen molar-refractivity contribution in [2.24, 2.45) is 0 Å². The molecule has 0 saturated carbocycles. The SMILES string of the molecule is CN(CCO)C1=C(c2cccs2)C(=O)N(c2cccc(N(C)C)c2)C1=O. The number of carbonyl (C=O) groups excluding carboxylic acids is 2. The molecule has 6 nitrogen and oxygen atoms in total. The van der Waals surface area contributed by atoms with Gasteiger partial charge in [0.1, 0.15) is 5.70 Å². The van der Waals surface area contributed by atoms with Gasteiger partial charge in [-0.25, -0.2) is 4.90 Å². The molecule has 3 rings (SSSR count). The molecule has 0 unspecified atom stereocenters.